The molecule has 6 nitrogen and oxygen atoms in total. The summed E-state index contributed by atoms with van der Waals surface area (Å²) in [6, 6.07) is 10.6. The molecule has 146 valence electrons. The number of ether oxygens (including phenoxy) is 3. The molecule has 1 heterocycles. The molecule has 0 amide bonds. The van der Waals surface area contributed by atoms with Crippen molar-refractivity contribution in [2.24, 2.45) is 0 Å². The Bertz CT molecular complexity index is 1010. The number of aromatic nitrogens is 1. The lowest BCUT2D eigenvalue weighted by molar-refractivity contribution is 0.0475. The number of nitrogens with one attached hydrogen (secondary N) is 1. The summed E-state index contributed by atoms with van der Waals surface area (Å²) in [5.74, 6) is 0.129. The minimum atomic E-state index is -0.594. The maximum absolute atomic E-state index is 12.6. The first-order chi connectivity index (χ1) is 13.6. The summed E-state index contributed by atoms with van der Waals surface area (Å²) in [4.78, 5) is 28.1. The van der Waals surface area contributed by atoms with Crippen LogP contribution in [0.2, 0.25) is 0 Å². The first kappa shape index (κ1) is 19.5. The molecule has 3 aromatic rings. The minimum absolute atomic E-state index is 0.259. The smallest absolute Gasteiger partial charge is 0.338 e. The first-order valence-corrected chi connectivity index (χ1v) is 9.19. The van der Waals surface area contributed by atoms with Gasteiger partial charge in [0.1, 0.15) is 0 Å². The fourth-order valence-electron chi connectivity index (χ4n) is 3.10. The SMILES string of the molecule is CCOc1ccc(C(=O)OCC(=O)c2c[nH]c3c(CC)cccc23)cc1OC. The Morgan fingerprint density at radius 3 is 2.61 bits per heavy atom. The molecule has 0 atom stereocenters. The van der Waals surface area contributed by atoms with Gasteiger partial charge in [0.15, 0.2) is 18.1 Å². The fraction of sp³-hybridized carbons (Fsp3) is 0.273. The molecule has 0 saturated carbocycles. The van der Waals surface area contributed by atoms with Crippen LogP contribution in [0.3, 0.4) is 0 Å². The van der Waals surface area contributed by atoms with Gasteiger partial charge in [-0.05, 0) is 37.1 Å². The van der Waals surface area contributed by atoms with E-state index in [-0.39, 0.29) is 12.4 Å². The molecule has 28 heavy (non-hydrogen) atoms. The van der Waals surface area contributed by atoms with Gasteiger partial charge in [-0.25, -0.2) is 4.79 Å². The van der Waals surface area contributed by atoms with Crippen molar-refractivity contribution in [3.8, 4) is 11.5 Å². The molecule has 0 aliphatic heterocycles. The van der Waals surface area contributed by atoms with Crippen molar-refractivity contribution >= 4 is 22.7 Å². The van der Waals surface area contributed by atoms with Crippen molar-refractivity contribution in [2.75, 3.05) is 20.3 Å². The van der Waals surface area contributed by atoms with E-state index >= 15 is 0 Å². The van der Waals surface area contributed by atoms with E-state index in [1.54, 1.807) is 18.3 Å². The van der Waals surface area contributed by atoms with E-state index < -0.39 is 5.97 Å². The summed E-state index contributed by atoms with van der Waals surface area (Å²) in [7, 11) is 1.50. The summed E-state index contributed by atoms with van der Waals surface area (Å²) < 4.78 is 15.9. The highest BCUT2D eigenvalue weighted by atomic mass is 16.5. The predicted octanol–water partition coefficient (Wildman–Crippen LogP) is 4.18. The van der Waals surface area contributed by atoms with Crippen molar-refractivity contribution in [1.29, 1.82) is 0 Å². The number of aromatic amines is 1. The number of esters is 1. The lowest BCUT2D eigenvalue weighted by Gasteiger charge is -2.10. The van der Waals surface area contributed by atoms with Gasteiger partial charge in [-0.3, -0.25) is 4.79 Å². The van der Waals surface area contributed by atoms with Crippen LogP contribution in [0.15, 0.2) is 42.6 Å². The number of ketones is 1. The third-order valence-corrected chi connectivity index (χ3v) is 4.52. The summed E-state index contributed by atoms with van der Waals surface area (Å²) in [6.07, 6.45) is 2.53. The molecular weight excluding hydrogens is 358 g/mol. The highest BCUT2D eigenvalue weighted by Gasteiger charge is 2.17. The normalized spacial score (nSPS) is 10.7. The fourth-order valence-corrected chi connectivity index (χ4v) is 3.10. The topological polar surface area (TPSA) is 77.6 Å². The van der Waals surface area contributed by atoms with E-state index in [1.165, 1.54) is 13.2 Å². The number of rotatable bonds is 8. The molecule has 0 bridgehead atoms. The summed E-state index contributed by atoms with van der Waals surface area (Å²) in [6.45, 7) is 4.07. The Morgan fingerprint density at radius 2 is 1.89 bits per heavy atom. The Balaban J connectivity index is 1.72. The van der Waals surface area contributed by atoms with E-state index in [4.69, 9.17) is 14.2 Å². The third kappa shape index (κ3) is 3.86. The highest BCUT2D eigenvalue weighted by molar-refractivity contribution is 6.09. The number of carbonyl (C=O) groups excluding carboxylic acids is 2. The van der Waals surface area contributed by atoms with Gasteiger partial charge < -0.3 is 19.2 Å². The molecule has 0 radical (unpaired) electrons. The maximum Gasteiger partial charge on any atom is 0.338 e. The Labute approximate surface area is 163 Å². The van der Waals surface area contributed by atoms with Crippen molar-refractivity contribution in [1.82, 2.24) is 4.98 Å². The van der Waals surface area contributed by atoms with Gasteiger partial charge in [-0.2, -0.15) is 0 Å². The summed E-state index contributed by atoms with van der Waals surface area (Å²) in [5.41, 5.74) is 2.88. The molecule has 0 spiro atoms. The lowest BCUT2D eigenvalue weighted by Crippen LogP contribution is -2.14. The van der Waals surface area contributed by atoms with E-state index in [0.29, 0.717) is 29.2 Å². The van der Waals surface area contributed by atoms with Crippen LogP contribution in [-0.4, -0.2) is 37.1 Å². The second-order valence-electron chi connectivity index (χ2n) is 6.19. The van der Waals surface area contributed by atoms with Crippen LogP contribution < -0.4 is 9.47 Å². The van der Waals surface area contributed by atoms with Crippen LogP contribution in [0.4, 0.5) is 0 Å². The van der Waals surface area contributed by atoms with Crippen LogP contribution in [0, 0.1) is 0 Å². The highest BCUT2D eigenvalue weighted by Crippen LogP contribution is 2.28. The Hall–Kier alpha value is -3.28. The van der Waals surface area contributed by atoms with Crippen LogP contribution >= 0.6 is 0 Å². The molecular formula is C22H23NO5. The van der Waals surface area contributed by atoms with Gasteiger partial charge in [0.25, 0.3) is 0 Å². The molecule has 0 saturated heterocycles. The second-order valence-corrected chi connectivity index (χ2v) is 6.19. The molecule has 0 fully saturated rings. The monoisotopic (exact) mass is 381 g/mol. The third-order valence-electron chi connectivity index (χ3n) is 4.52. The molecule has 0 unspecified atom stereocenters. The quantitative estimate of drug-likeness (QED) is 0.468. The number of aryl methyl sites for hydroxylation is 1. The van der Waals surface area contributed by atoms with Gasteiger partial charge in [0.05, 0.1) is 19.3 Å². The summed E-state index contributed by atoms with van der Waals surface area (Å²) in [5, 5.41) is 0.836. The van der Waals surface area contributed by atoms with Gasteiger partial charge in [-0.15, -0.1) is 0 Å². The van der Waals surface area contributed by atoms with Gasteiger partial charge in [0.2, 0.25) is 5.78 Å². The predicted molar refractivity (Wildman–Crippen MR) is 106 cm³/mol. The molecule has 0 aliphatic rings. The van der Waals surface area contributed by atoms with E-state index in [1.807, 2.05) is 25.1 Å². The average Bonchev–Trinajstić information content (AvgIpc) is 3.16. The number of hydrogen-bond acceptors (Lipinski definition) is 5. The van der Waals surface area contributed by atoms with Crippen molar-refractivity contribution < 1.29 is 23.8 Å². The molecule has 3 rings (SSSR count). The van der Waals surface area contributed by atoms with E-state index in [2.05, 4.69) is 11.9 Å². The zero-order valence-corrected chi connectivity index (χ0v) is 16.2. The van der Waals surface area contributed by atoms with E-state index in [9.17, 15) is 9.59 Å². The van der Waals surface area contributed by atoms with Crippen LogP contribution in [0.25, 0.3) is 10.9 Å². The number of para-hydroxylation sites is 1. The molecule has 6 heteroatoms. The zero-order chi connectivity index (χ0) is 20.1. The van der Waals surface area contributed by atoms with E-state index in [0.717, 1.165) is 22.9 Å². The van der Waals surface area contributed by atoms with Crippen molar-refractivity contribution in [2.45, 2.75) is 20.3 Å². The van der Waals surface area contributed by atoms with Gasteiger partial charge in [0, 0.05) is 22.7 Å². The van der Waals surface area contributed by atoms with Crippen molar-refractivity contribution in [3.63, 3.8) is 0 Å². The van der Waals surface area contributed by atoms with Crippen LogP contribution in [-0.2, 0) is 11.2 Å². The van der Waals surface area contributed by atoms with Crippen LogP contribution in [0.1, 0.15) is 40.1 Å². The minimum Gasteiger partial charge on any atom is -0.493 e. The molecule has 1 N–H and O–H groups in total. The number of H-pyrrole nitrogens is 1. The largest absolute Gasteiger partial charge is 0.493 e. The van der Waals surface area contributed by atoms with Gasteiger partial charge in [-0.1, -0.05) is 25.1 Å². The zero-order valence-electron chi connectivity index (χ0n) is 16.2. The number of methoxy groups -OCH3 is 1. The molecule has 0 aliphatic carbocycles. The van der Waals surface area contributed by atoms with Gasteiger partial charge >= 0.3 is 5.97 Å². The number of hydrogen-bond donors (Lipinski definition) is 1. The molecule has 1 aromatic heterocycles. The Kier molecular flexibility index (Phi) is 5.99. The maximum atomic E-state index is 12.6. The number of fused-ring (bicyclic) bond motifs is 1. The standard InChI is InChI=1S/C22H23NO5/c1-4-14-7-6-8-16-17(12-23-21(14)16)18(24)13-28-22(25)15-9-10-19(27-5-2)20(11-15)26-3/h6-12,23H,4-5,13H2,1-3H3. The number of carbonyl (C=O) groups is 2. The average molecular weight is 381 g/mol. The lowest BCUT2D eigenvalue weighted by atomic mass is 10.1. The summed E-state index contributed by atoms with van der Waals surface area (Å²) >= 11 is 0. The van der Waals surface area contributed by atoms with Crippen molar-refractivity contribution in [3.05, 3.63) is 59.3 Å². The second kappa shape index (κ2) is 8.61. The Morgan fingerprint density at radius 1 is 1.07 bits per heavy atom. The number of benzene rings is 2. The first-order valence-electron chi connectivity index (χ1n) is 9.19. The molecule has 2 aromatic carbocycles. The van der Waals surface area contributed by atoms with Crippen LogP contribution in [0.5, 0.6) is 11.5 Å². The number of Topliss-reactive ketones (excluding diaryl/α,β-unsaturated/α-hetero) is 1.